The standard InChI is InChI=1S/C14H20N2S/c1-14(2,3)10-6-5-7-11-13(10)16-12(17-11)8-9-15-4/h5-7,15H,8-9H2,1-4H3. The van der Waals surface area contributed by atoms with E-state index in [9.17, 15) is 0 Å². The van der Waals surface area contributed by atoms with Crippen LogP contribution in [-0.4, -0.2) is 18.6 Å². The molecule has 3 heteroatoms. The normalized spacial score (nSPS) is 12.2. The molecule has 0 radical (unpaired) electrons. The Morgan fingerprint density at radius 1 is 1.29 bits per heavy atom. The molecule has 1 N–H and O–H groups in total. The van der Waals surface area contributed by atoms with Crippen LogP contribution < -0.4 is 5.32 Å². The molecule has 17 heavy (non-hydrogen) atoms. The molecule has 0 saturated carbocycles. The molecule has 92 valence electrons. The maximum atomic E-state index is 4.80. The van der Waals surface area contributed by atoms with E-state index in [4.69, 9.17) is 4.98 Å². The van der Waals surface area contributed by atoms with Crippen LogP contribution in [0.3, 0.4) is 0 Å². The van der Waals surface area contributed by atoms with Crippen molar-refractivity contribution >= 4 is 21.6 Å². The Labute approximate surface area is 107 Å². The minimum absolute atomic E-state index is 0.161. The van der Waals surface area contributed by atoms with E-state index in [2.05, 4.69) is 44.3 Å². The van der Waals surface area contributed by atoms with Crippen molar-refractivity contribution in [3.05, 3.63) is 28.8 Å². The smallest absolute Gasteiger partial charge is 0.0951 e. The molecular formula is C14H20N2S. The van der Waals surface area contributed by atoms with Crippen LogP contribution in [0.2, 0.25) is 0 Å². The van der Waals surface area contributed by atoms with Gasteiger partial charge in [-0.15, -0.1) is 11.3 Å². The van der Waals surface area contributed by atoms with Crippen LogP contribution >= 0.6 is 11.3 Å². The van der Waals surface area contributed by atoms with Crippen LogP contribution in [0.1, 0.15) is 31.3 Å². The van der Waals surface area contributed by atoms with Crippen molar-refractivity contribution in [2.45, 2.75) is 32.6 Å². The Hall–Kier alpha value is -0.930. The van der Waals surface area contributed by atoms with Crippen LogP contribution in [0.15, 0.2) is 18.2 Å². The number of rotatable bonds is 3. The highest BCUT2D eigenvalue weighted by atomic mass is 32.1. The zero-order chi connectivity index (χ0) is 12.5. The fourth-order valence-corrected chi connectivity index (χ4v) is 2.93. The lowest BCUT2D eigenvalue weighted by molar-refractivity contribution is 0.594. The van der Waals surface area contributed by atoms with Gasteiger partial charge in [-0.25, -0.2) is 4.98 Å². The Kier molecular flexibility index (Phi) is 3.50. The second-order valence-corrected chi connectivity index (χ2v) is 6.48. The summed E-state index contributed by atoms with van der Waals surface area (Å²) in [5, 5.41) is 4.40. The number of para-hydroxylation sites is 1. The summed E-state index contributed by atoms with van der Waals surface area (Å²) in [4.78, 5) is 4.80. The van der Waals surface area contributed by atoms with E-state index in [1.807, 2.05) is 18.4 Å². The minimum atomic E-state index is 0.161. The van der Waals surface area contributed by atoms with Crippen molar-refractivity contribution in [3.63, 3.8) is 0 Å². The van der Waals surface area contributed by atoms with Crippen molar-refractivity contribution in [1.29, 1.82) is 0 Å². The zero-order valence-electron chi connectivity index (χ0n) is 11.0. The highest BCUT2D eigenvalue weighted by molar-refractivity contribution is 7.18. The van der Waals surface area contributed by atoms with Crippen LogP contribution in [0, 0.1) is 0 Å². The van der Waals surface area contributed by atoms with Gasteiger partial charge >= 0.3 is 0 Å². The SMILES string of the molecule is CNCCc1nc2c(C(C)(C)C)cccc2s1. The van der Waals surface area contributed by atoms with E-state index < -0.39 is 0 Å². The molecule has 1 aromatic carbocycles. The Balaban J connectivity index is 2.46. The predicted molar refractivity (Wildman–Crippen MR) is 76.0 cm³/mol. The van der Waals surface area contributed by atoms with Crippen LogP contribution in [-0.2, 0) is 11.8 Å². The van der Waals surface area contributed by atoms with E-state index in [0.717, 1.165) is 13.0 Å². The first-order chi connectivity index (χ1) is 8.02. The monoisotopic (exact) mass is 248 g/mol. The maximum absolute atomic E-state index is 4.80. The van der Waals surface area contributed by atoms with E-state index in [1.165, 1.54) is 20.8 Å². The zero-order valence-corrected chi connectivity index (χ0v) is 11.8. The second-order valence-electron chi connectivity index (χ2n) is 5.36. The number of fused-ring (bicyclic) bond motifs is 1. The summed E-state index contributed by atoms with van der Waals surface area (Å²) >= 11 is 1.82. The van der Waals surface area contributed by atoms with Gasteiger partial charge in [-0.2, -0.15) is 0 Å². The molecule has 2 rings (SSSR count). The summed E-state index contributed by atoms with van der Waals surface area (Å²) in [6.07, 6.45) is 1.01. The molecule has 2 nitrogen and oxygen atoms in total. The molecule has 0 aliphatic rings. The number of nitrogens with zero attached hydrogens (tertiary/aromatic N) is 1. The first-order valence-electron chi connectivity index (χ1n) is 6.06. The largest absolute Gasteiger partial charge is 0.319 e. The van der Waals surface area contributed by atoms with Gasteiger partial charge in [0, 0.05) is 13.0 Å². The first-order valence-corrected chi connectivity index (χ1v) is 6.87. The van der Waals surface area contributed by atoms with Crippen LogP contribution in [0.25, 0.3) is 10.2 Å². The molecule has 0 unspecified atom stereocenters. The molecular weight excluding hydrogens is 228 g/mol. The summed E-state index contributed by atoms with van der Waals surface area (Å²) < 4.78 is 1.31. The predicted octanol–water partition coefficient (Wildman–Crippen LogP) is 3.36. The molecule has 0 fully saturated rings. The third-order valence-electron chi connectivity index (χ3n) is 2.86. The average Bonchev–Trinajstić information content (AvgIpc) is 2.66. The number of aromatic nitrogens is 1. The van der Waals surface area contributed by atoms with Crippen LogP contribution in [0.5, 0.6) is 0 Å². The third kappa shape index (κ3) is 2.67. The lowest BCUT2D eigenvalue weighted by Gasteiger charge is -2.19. The fraction of sp³-hybridized carbons (Fsp3) is 0.500. The number of nitrogens with one attached hydrogen (secondary N) is 1. The van der Waals surface area contributed by atoms with Gasteiger partial charge in [0.05, 0.1) is 15.2 Å². The molecule has 0 spiro atoms. The number of likely N-dealkylation sites (N-methyl/N-ethyl adjacent to an activating group) is 1. The maximum Gasteiger partial charge on any atom is 0.0951 e. The topological polar surface area (TPSA) is 24.9 Å². The van der Waals surface area contributed by atoms with Crippen molar-refractivity contribution in [2.75, 3.05) is 13.6 Å². The number of hydrogen-bond donors (Lipinski definition) is 1. The molecule has 0 bridgehead atoms. The number of benzene rings is 1. The summed E-state index contributed by atoms with van der Waals surface area (Å²) in [6, 6.07) is 6.51. The van der Waals surface area contributed by atoms with Crippen molar-refractivity contribution in [2.24, 2.45) is 0 Å². The van der Waals surface area contributed by atoms with Gasteiger partial charge in [-0.3, -0.25) is 0 Å². The lowest BCUT2D eigenvalue weighted by Crippen LogP contribution is -2.12. The average molecular weight is 248 g/mol. The van der Waals surface area contributed by atoms with Crippen molar-refractivity contribution in [3.8, 4) is 0 Å². The highest BCUT2D eigenvalue weighted by Crippen LogP contribution is 2.32. The molecule has 0 amide bonds. The lowest BCUT2D eigenvalue weighted by atomic mass is 9.86. The Bertz CT molecular complexity index is 508. The minimum Gasteiger partial charge on any atom is -0.319 e. The Morgan fingerprint density at radius 2 is 2.06 bits per heavy atom. The molecule has 1 aromatic heterocycles. The van der Waals surface area contributed by atoms with Gasteiger partial charge < -0.3 is 5.32 Å². The summed E-state index contributed by atoms with van der Waals surface area (Å²) in [6.45, 7) is 7.72. The molecule has 0 aliphatic carbocycles. The molecule has 0 saturated heterocycles. The fourth-order valence-electron chi connectivity index (χ4n) is 1.94. The molecule has 2 aromatic rings. The Morgan fingerprint density at radius 3 is 2.71 bits per heavy atom. The van der Waals surface area contributed by atoms with Gasteiger partial charge in [0.25, 0.3) is 0 Å². The molecule has 0 aliphatic heterocycles. The third-order valence-corrected chi connectivity index (χ3v) is 3.94. The first kappa shape index (κ1) is 12.5. The van der Waals surface area contributed by atoms with E-state index in [-0.39, 0.29) is 5.41 Å². The van der Waals surface area contributed by atoms with Gasteiger partial charge in [-0.05, 0) is 24.1 Å². The highest BCUT2D eigenvalue weighted by Gasteiger charge is 2.18. The molecule has 0 atom stereocenters. The quantitative estimate of drug-likeness (QED) is 0.901. The van der Waals surface area contributed by atoms with Gasteiger partial charge in [0.1, 0.15) is 0 Å². The van der Waals surface area contributed by atoms with Gasteiger partial charge in [-0.1, -0.05) is 32.9 Å². The van der Waals surface area contributed by atoms with Crippen molar-refractivity contribution in [1.82, 2.24) is 10.3 Å². The summed E-state index contributed by atoms with van der Waals surface area (Å²) in [5.74, 6) is 0. The van der Waals surface area contributed by atoms with E-state index in [0.29, 0.717) is 0 Å². The second kappa shape index (κ2) is 4.75. The van der Waals surface area contributed by atoms with Crippen molar-refractivity contribution < 1.29 is 0 Å². The van der Waals surface area contributed by atoms with E-state index in [1.54, 1.807) is 0 Å². The number of thiazole rings is 1. The van der Waals surface area contributed by atoms with Gasteiger partial charge in [0.15, 0.2) is 0 Å². The summed E-state index contributed by atoms with van der Waals surface area (Å²) in [7, 11) is 1.98. The number of hydrogen-bond acceptors (Lipinski definition) is 3. The summed E-state index contributed by atoms with van der Waals surface area (Å²) in [5.41, 5.74) is 2.70. The van der Waals surface area contributed by atoms with E-state index >= 15 is 0 Å². The van der Waals surface area contributed by atoms with Gasteiger partial charge in [0.2, 0.25) is 0 Å². The molecule has 1 heterocycles. The van der Waals surface area contributed by atoms with Crippen LogP contribution in [0.4, 0.5) is 0 Å².